The van der Waals surface area contributed by atoms with Crippen molar-refractivity contribution in [1.29, 1.82) is 0 Å². The molecule has 3 amide bonds. The average molecular weight is 718 g/mol. The minimum absolute atomic E-state index is 0.0203. The molecule has 272 valence electrons. The Bertz CT molecular complexity index is 2160. The average Bonchev–Trinajstić information content (AvgIpc) is 3.80. The Labute approximate surface area is 305 Å². The van der Waals surface area contributed by atoms with Gasteiger partial charge in [-0.1, -0.05) is 0 Å². The topological polar surface area (TPSA) is 165 Å². The fourth-order valence-electron chi connectivity index (χ4n) is 7.08. The third-order valence-electron chi connectivity index (χ3n) is 10.00. The quantitative estimate of drug-likeness (QED) is 0.150. The molecule has 3 aromatic heterocycles. The number of pyridine rings is 1. The van der Waals surface area contributed by atoms with E-state index in [-0.39, 0.29) is 42.7 Å². The van der Waals surface area contributed by atoms with Gasteiger partial charge in [0.1, 0.15) is 17.1 Å². The summed E-state index contributed by atoms with van der Waals surface area (Å²) in [6.45, 7) is 7.75. The van der Waals surface area contributed by atoms with E-state index in [0.29, 0.717) is 55.5 Å². The van der Waals surface area contributed by atoms with Crippen LogP contribution in [-0.4, -0.2) is 104 Å². The van der Waals surface area contributed by atoms with Crippen LogP contribution in [0.15, 0.2) is 84.4 Å². The molecule has 14 nitrogen and oxygen atoms in total. The normalized spacial score (nSPS) is 19.4. The number of hydrogen-bond donors (Lipinski definition) is 3. The van der Waals surface area contributed by atoms with Crippen LogP contribution in [0.1, 0.15) is 27.2 Å². The van der Waals surface area contributed by atoms with Crippen molar-refractivity contribution >= 4 is 45.8 Å². The van der Waals surface area contributed by atoms with E-state index in [2.05, 4.69) is 45.9 Å². The minimum Gasteiger partial charge on any atom is -0.353 e. The van der Waals surface area contributed by atoms with Gasteiger partial charge in [0.2, 0.25) is 17.7 Å². The number of hydrazone groups is 1. The number of fused-ring (bicyclic) bond motifs is 1. The van der Waals surface area contributed by atoms with Gasteiger partial charge >= 0.3 is 0 Å². The number of H-pyrrole nitrogens is 1. The fourth-order valence-corrected chi connectivity index (χ4v) is 7.08. The Kier molecular flexibility index (Phi) is 9.91. The van der Waals surface area contributed by atoms with Crippen molar-refractivity contribution < 1.29 is 18.8 Å². The van der Waals surface area contributed by atoms with Gasteiger partial charge in [0.25, 0.3) is 0 Å². The van der Waals surface area contributed by atoms with Gasteiger partial charge in [0, 0.05) is 86.5 Å². The zero-order valence-corrected chi connectivity index (χ0v) is 29.7. The number of nitrogens with one attached hydrogen (secondary N) is 3. The van der Waals surface area contributed by atoms with Gasteiger partial charge in [0.05, 0.1) is 23.5 Å². The van der Waals surface area contributed by atoms with Crippen molar-refractivity contribution in [2.24, 2.45) is 10.5 Å². The predicted molar refractivity (Wildman–Crippen MR) is 199 cm³/mol. The third-order valence-corrected chi connectivity index (χ3v) is 10.00. The standard InChI is InChI=1S/C38H40FN11O3/c1-24-21-49(33-12-7-28(20-42-33)36-40-14-4-15-41-36)17-18-50(24)34(52)22-48-16-13-38(23-48,25(2)44-45-26(3)51)37(53)43-30-10-11-32-31(19-30)35(47-46-32)27-5-8-29(39)9-6-27/h4-12,14-15,19-20,24H,13,16-18,21-23H2,1-3H3,(H,43,53)(H,45,51)(H,46,47)/b44-25+/t24-,38?/m1/s1. The number of carbonyl (C=O) groups excluding carboxylic acids is 3. The number of amides is 3. The Hall–Kier alpha value is -6.09. The van der Waals surface area contributed by atoms with Crippen LogP contribution in [0.5, 0.6) is 0 Å². The van der Waals surface area contributed by atoms with Gasteiger partial charge in [-0.15, -0.1) is 0 Å². The molecular formula is C38H40FN11O3. The summed E-state index contributed by atoms with van der Waals surface area (Å²) in [7, 11) is 0. The van der Waals surface area contributed by atoms with E-state index < -0.39 is 5.41 Å². The number of hydrogen-bond acceptors (Lipinski definition) is 10. The van der Waals surface area contributed by atoms with E-state index in [9.17, 15) is 18.8 Å². The zero-order valence-electron chi connectivity index (χ0n) is 29.7. The molecule has 15 heteroatoms. The largest absolute Gasteiger partial charge is 0.353 e. The second kappa shape index (κ2) is 14.9. The second-order valence-electron chi connectivity index (χ2n) is 13.6. The summed E-state index contributed by atoms with van der Waals surface area (Å²) in [5, 5.41) is 15.5. The second-order valence-corrected chi connectivity index (χ2v) is 13.6. The molecule has 2 fully saturated rings. The molecule has 0 spiro atoms. The molecule has 1 unspecified atom stereocenters. The lowest BCUT2D eigenvalue weighted by Crippen LogP contribution is -2.56. The first-order chi connectivity index (χ1) is 25.6. The first kappa shape index (κ1) is 35.3. The molecule has 0 saturated carbocycles. The molecule has 0 bridgehead atoms. The smallest absolute Gasteiger partial charge is 0.237 e. The SMILES string of the molecule is CC(=O)N/N=C(\C)C1(C(=O)Nc2ccc3[nH]nc(-c4ccc(F)cc4)c3c2)CCN(CC(=O)N2CCN(c3ccc(-c4ncccn4)cn3)C[C@H]2C)C1. The van der Waals surface area contributed by atoms with Gasteiger partial charge < -0.3 is 15.1 Å². The molecular weight excluding hydrogens is 677 g/mol. The van der Waals surface area contributed by atoms with Crippen LogP contribution < -0.4 is 15.6 Å². The Morgan fingerprint density at radius 2 is 1.75 bits per heavy atom. The first-order valence-electron chi connectivity index (χ1n) is 17.5. The van der Waals surface area contributed by atoms with Crippen LogP contribution in [-0.2, 0) is 14.4 Å². The summed E-state index contributed by atoms with van der Waals surface area (Å²) >= 11 is 0. The van der Waals surface area contributed by atoms with Crippen LogP contribution >= 0.6 is 0 Å². The van der Waals surface area contributed by atoms with E-state index >= 15 is 0 Å². The maximum Gasteiger partial charge on any atom is 0.237 e. The van der Waals surface area contributed by atoms with Gasteiger partial charge in [-0.3, -0.25) is 24.4 Å². The van der Waals surface area contributed by atoms with E-state index in [4.69, 9.17) is 0 Å². The number of aromatic nitrogens is 5. The molecule has 2 aliphatic heterocycles. The lowest BCUT2D eigenvalue weighted by Gasteiger charge is -2.41. The van der Waals surface area contributed by atoms with Gasteiger partial charge in [-0.2, -0.15) is 10.2 Å². The summed E-state index contributed by atoms with van der Waals surface area (Å²) in [5.41, 5.74) is 5.29. The molecule has 2 aromatic carbocycles. The lowest BCUT2D eigenvalue weighted by atomic mass is 9.81. The molecule has 3 N–H and O–H groups in total. The summed E-state index contributed by atoms with van der Waals surface area (Å²) < 4.78 is 13.6. The highest BCUT2D eigenvalue weighted by molar-refractivity contribution is 6.13. The van der Waals surface area contributed by atoms with Crippen molar-refractivity contribution in [3.05, 3.63) is 85.1 Å². The molecule has 53 heavy (non-hydrogen) atoms. The maximum absolute atomic E-state index is 14.2. The summed E-state index contributed by atoms with van der Waals surface area (Å²) in [6, 6.07) is 17.1. The minimum atomic E-state index is -1.11. The number of carbonyl (C=O) groups is 3. The van der Waals surface area contributed by atoms with Crippen LogP contribution in [0.25, 0.3) is 33.5 Å². The molecule has 5 heterocycles. The van der Waals surface area contributed by atoms with E-state index in [0.717, 1.165) is 27.8 Å². The maximum atomic E-state index is 14.2. The van der Waals surface area contributed by atoms with Crippen molar-refractivity contribution in [1.82, 2.24) is 40.4 Å². The fraction of sp³-hybridized carbons (Fsp3) is 0.316. The number of halogens is 1. The van der Waals surface area contributed by atoms with Gasteiger partial charge in [0.15, 0.2) is 5.82 Å². The van der Waals surface area contributed by atoms with Crippen molar-refractivity contribution in [3.63, 3.8) is 0 Å². The van der Waals surface area contributed by atoms with Crippen molar-refractivity contribution in [2.45, 2.75) is 33.2 Å². The van der Waals surface area contributed by atoms with Crippen molar-refractivity contribution in [3.8, 4) is 22.6 Å². The first-order valence-corrected chi connectivity index (χ1v) is 17.5. The lowest BCUT2D eigenvalue weighted by molar-refractivity contribution is -0.135. The molecule has 2 atom stereocenters. The van der Waals surface area contributed by atoms with Gasteiger partial charge in [-0.25, -0.2) is 24.8 Å². The molecule has 2 saturated heterocycles. The van der Waals surface area contributed by atoms with Gasteiger partial charge in [-0.05, 0) is 80.9 Å². The van der Waals surface area contributed by atoms with Crippen LogP contribution in [0.2, 0.25) is 0 Å². The Morgan fingerprint density at radius 3 is 2.47 bits per heavy atom. The van der Waals surface area contributed by atoms with E-state index in [1.807, 2.05) is 41.0 Å². The highest BCUT2D eigenvalue weighted by atomic mass is 19.1. The molecule has 0 aliphatic carbocycles. The molecule has 0 radical (unpaired) electrons. The van der Waals surface area contributed by atoms with Crippen LogP contribution in [0, 0.1) is 11.2 Å². The number of rotatable bonds is 9. The van der Waals surface area contributed by atoms with Crippen molar-refractivity contribution in [2.75, 3.05) is 49.5 Å². The number of aromatic amines is 1. The summed E-state index contributed by atoms with van der Waals surface area (Å²) in [6.07, 6.45) is 5.56. The highest BCUT2D eigenvalue weighted by Gasteiger charge is 2.48. The molecule has 7 rings (SSSR count). The number of anilines is 2. The number of piperazine rings is 1. The Balaban J connectivity index is 1.03. The number of benzene rings is 2. The molecule has 5 aromatic rings. The third kappa shape index (κ3) is 7.46. The van der Waals surface area contributed by atoms with Crippen LogP contribution in [0.4, 0.5) is 15.9 Å². The predicted octanol–water partition coefficient (Wildman–Crippen LogP) is 4.10. The van der Waals surface area contributed by atoms with E-state index in [1.165, 1.54) is 19.1 Å². The van der Waals surface area contributed by atoms with Crippen LogP contribution in [0.3, 0.4) is 0 Å². The zero-order chi connectivity index (χ0) is 37.1. The highest BCUT2D eigenvalue weighted by Crippen LogP contribution is 2.35. The monoisotopic (exact) mass is 717 g/mol. The molecule has 2 aliphatic rings. The summed E-state index contributed by atoms with van der Waals surface area (Å²) in [4.78, 5) is 59.0. The number of nitrogens with zero attached hydrogens (tertiary/aromatic N) is 8. The van der Waals surface area contributed by atoms with E-state index in [1.54, 1.807) is 49.8 Å². The Morgan fingerprint density at radius 1 is 0.981 bits per heavy atom. The summed E-state index contributed by atoms with van der Waals surface area (Å²) in [5.74, 6) is 0.420. The number of likely N-dealkylation sites (tertiary alicyclic amines) is 1.